The van der Waals surface area contributed by atoms with E-state index in [9.17, 15) is 9.59 Å². The Hall–Kier alpha value is -2.96. The highest BCUT2D eigenvalue weighted by molar-refractivity contribution is 7.17. The van der Waals surface area contributed by atoms with E-state index in [1.807, 2.05) is 48.7 Å². The summed E-state index contributed by atoms with van der Waals surface area (Å²) in [6.07, 6.45) is 1.42. The van der Waals surface area contributed by atoms with Crippen LogP contribution in [-0.4, -0.2) is 15.5 Å². The fourth-order valence-electron chi connectivity index (χ4n) is 2.95. The second-order valence-corrected chi connectivity index (χ2v) is 7.69. The number of nitrogens with one attached hydrogen (secondary N) is 1. The van der Waals surface area contributed by atoms with Gasteiger partial charge < -0.3 is 5.32 Å². The number of aromatic nitrogens is 2. The van der Waals surface area contributed by atoms with Crippen LogP contribution in [0.2, 0.25) is 5.02 Å². The van der Waals surface area contributed by atoms with Gasteiger partial charge in [-0.05, 0) is 36.2 Å². The minimum absolute atomic E-state index is 0.0930. The Kier molecular flexibility index (Phi) is 4.98. The number of carbonyl (C=O) groups excluding carboxylic acids is 1. The zero-order valence-electron chi connectivity index (χ0n) is 15.0. The van der Waals surface area contributed by atoms with Crippen LogP contribution in [0.15, 0.2) is 65.0 Å². The van der Waals surface area contributed by atoms with Gasteiger partial charge in [0.25, 0.3) is 5.56 Å². The summed E-state index contributed by atoms with van der Waals surface area (Å²) in [5.74, 6) is -0.271. The van der Waals surface area contributed by atoms with E-state index in [1.165, 1.54) is 22.2 Å². The highest BCUT2D eigenvalue weighted by Gasteiger charge is 2.14. The molecule has 4 aromatic rings. The largest absolute Gasteiger partial charge is 0.324 e. The zero-order valence-corrected chi connectivity index (χ0v) is 16.6. The number of carbonyl (C=O) groups is 1. The molecule has 7 heteroatoms. The summed E-state index contributed by atoms with van der Waals surface area (Å²) in [6.45, 7) is 1.82. The summed E-state index contributed by atoms with van der Waals surface area (Å²) in [5.41, 5.74) is 3.92. The number of rotatable bonds is 4. The Balaban J connectivity index is 1.62. The lowest BCUT2D eigenvalue weighted by Crippen LogP contribution is -2.27. The van der Waals surface area contributed by atoms with Crippen LogP contribution >= 0.6 is 22.9 Å². The lowest BCUT2D eigenvalue weighted by atomic mass is 10.1. The summed E-state index contributed by atoms with van der Waals surface area (Å²) < 4.78 is 1.86. The van der Waals surface area contributed by atoms with Crippen molar-refractivity contribution in [1.29, 1.82) is 0 Å². The normalized spacial score (nSPS) is 10.9. The number of fused-ring (bicyclic) bond motifs is 1. The lowest BCUT2D eigenvalue weighted by molar-refractivity contribution is -0.116. The highest BCUT2D eigenvalue weighted by atomic mass is 35.5. The van der Waals surface area contributed by atoms with E-state index in [1.54, 1.807) is 12.1 Å². The van der Waals surface area contributed by atoms with Crippen molar-refractivity contribution < 1.29 is 4.79 Å². The Bertz CT molecular complexity index is 1230. The summed E-state index contributed by atoms with van der Waals surface area (Å²) in [4.78, 5) is 29.6. The first-order valence-corrected chi connectivity index (χ1v) is 9.87. The highest BCUT2D eigenvalue weighted by Crippen LogP contribution is 2.31. The van der Waals surface area contributed by atoms with Gasteiger partial charge in [-0.2, -0.15) is 0 Å². The number of para-hydroxylation sites is 1. The second-order valence-electron chi connectivity index (χ2n) is 6.37. The predicted molar refractivity (Wildman–Crippen MR) is 114 cm³/mol. The standard InChI is InChI=1S/C21H16ClN3O2S/c1-13-4-2-3-5-17(13)24-18(26)10-25-12-23-19-16(11-28-20(19)21(25)27)14-6-8-15(22)9-7-14/h2-9,11-12H,10H2,1H3,(H,24,26). The van der Waals surface area contributed by atoms with E-state index in [0.717, 1.165) is 22.4 Å². The minimum Gasteiger partial charge on any atom is -0.324 e. The topological polar surface area (TPSA) is 64.0 Å². The molecule has 5 nitrogen and oxygen atoms in total. The molecule has 0 saturated heterocycles. The molecular formula is C21H16ClN3O2S. The van der Waals surface area contributed by atoms with E-state index in [2.05, 4.69) is 10.3 Å². The Morgan fingerprint density at radius 3 is 2.68 bits per heavy atom. The number of nitrogens with zero attached hydrogens (tertiary/aromatic N) is 2. The van der Waals surface area contributed by atoms with E-state index in [-0.39, 0.29) is 18.0 Å². The number of aryl methyl sites for hydroxylation is 1. The van der Waals surface area contributed by atoms with E-state index >= 15 is 0 Å². The average molecular weight is 410 g/mol. The number of benzene rings is 2. The van der Waals surface area contributed by atoms with Gasteiger partial charge in [-0.1, -0.05) is 41.9 Å². The third-order valence-electron chi connectivity index (χ3n) is 4.43. The molecule has 28 heavy (non-hydrogen) atoms. The van der Waals surface area contributed by atoms with Crippen molar-refractivity contribution in [3.05, 3.63) is 81.2 Å². The second kappa shape index (κ2) is 7.58. The van der Waals surface area contributed by atoms with Crippen LogP contribution in [0, 0.1) is 6.92 Å². The molecule has 0 atom stereocenters. The molecule has 0 unspecified atom stereocenters. The van der Waals surface area contributed by atoms with Gasteiger partial charge >= 0.3 is 0 Å². The third-order valence-corrected chi connectivity index (χ3v) is 5.64. The van der Waals surface area contributed by atoms with Crippen LogP contribution in [0.5, 0.6) is 0 Å². The van der Waals surface area contributed by atoms with Crippen molar-refractivity contribution in [3.8, 4) is 11.1 Å². The zero-order chi connectivity index (χ0) is 19.7. The fourth-order valence-corrected chi connectivity index (χ4v) is 4.05. The lowest BCUT2D eigenvalue weighted by Gasteiger charge is -2.09. The summed E-state index contributed by atoms with van der Waals surface area (Å²) in [7, 11) is 0. The van der Waals surface area contributed by atoms with Crippen LogP contribution in [0.3, 0.4) is 0 Å². The molecule has 2 aromatic heterocycles. The van der Waals surface area contributed by atoms with Crippen molar-refractivity contribution in [2.45, 2.75) is 13.5 Å². The van der Waals surface area contributed by atoms with Gasteiger partial charge in [0.1, 0.15) is 11.2 Å². The molecule has 1 amide bonds. The van der Waals surface area contributed by atoms with Crippen LogP contribution < -0.4 is 10.9 Å². The SMILES string of the molecule is Cc1ccccc1NC(=O)Cn1cnc2c(-c3ccc(Cl)cc3)csc2c1=O. The number of thiophene rings is 1. The van der Waals surface area contributed by atoms with E-state index in [4.69, 9.17) is 11.6 Å². The van der Waals surface area contributed by atoms with Gasteiger partial charge in [0, 0.05) is 21.7 Å². The number of halogens is 1. The fraction of sp³-hybridized carbons (Fsp3) is 0.0952. The molecule has 0 bridgehead atoms. The van der Waals surface area contributed by atoms with Gasteiger partial charge in [0.15, 0.2) is 0 Å². The maximum Gasteiger partial charge on any atom is 0.271 e. The predicted octanol–water partition coefficient (Wildman–Crippen LogP) is 4.73. The summed E-state index contributed by atoms with van der Waals surface area (Å²) in [5, 5.41) is 5.39. The summed E-state index contributed by atoms with van der Waals surface area (Å²) in [6, 6.07) is 14.9. The number of anilines is 1. The molecule has 0 aliphatic rings. The Labute approximate surface area is 170 Å². The quantitative estimate of drug-likeness (QED) is 0.530. The van der Waals surface area contributed by atoms with Crippen LogP contribution in [0.4, 0.5) is 5.69 Å². The first-order valence-electron chi connectivity index (χ1n) is 8.61. The minimum atomic E-state index is -0.271. The number of amides is 1. The van der Waals surface area contributed by atoms with Crippen molar-refractivity contribution in [2.24, 2.45) is 0 Å². The van der Waals surface area contributed by atoms with Crippen LogP contribution in [-0.2, 0) is 11.3 Å². The molecule has 2 heterocycles. The molecule has 4 rings (SSSR count). The first kappa shape index (κ1) is 18.4. The van der Waals surface area contributed by atoms with Gasteiger partial charge in [0.05, 0.1) is 11.8 Å². The maximum atomic E-state index is 12.8. The molecule has 140 valence electrons. The average Bonchev–Trinajstić information content (AvgIpc) is 3.11. The van der Waals surface area contributed by atoms with E-state index in [0.29, 0.717) is 15.2 Å². The monoisotopic (exact) mass is 409 g/mol. The molecule has 0 aliphatic carbocycles. The van der Waals surface area contributed by atoms with Gasteiger partial charge in [0.2, 0.25) is 5.91 Å². The first-order chi connectivity index (χ1) is 13.5. The van der Waals surface area contributed by atoms with Gasteiger partial charge in [-0.25, -0.2) is 4.98 Å². The molecule has 0 saturated carbocycles. The Morgan fingerprint density at radius 1 is 1.18 bits per heavy atom. The molecule has 0 spiro atoms. The van der Waals surface area contributed by atoms with Crippen molar-refractivity contribution >= 4 is 44.7 Å². The van der Waals surface area contributed by atoms with Crippen molar-refractivity contribution in [1.82, 2.24) is 9.55 Å². The van der Waals surface area contributed by atoms with Crippen LogP contribution in [0.25, 0.3) is 21.3 Å². The van der Waals surface area contributed by atoms with Gasteiger partial charge in [-0.3, -0.25) is 14.2 Å². The Morgan fingerprint density at radius 2 is 1.93 bits per heavy atom. The molecule has 1 N–H and O–H groups in total. The smallest absolute Gasteiger partial charge is 0.271 e. The van der Waals surface area contributed by atoms with Crippen LogP contribution in [0.1, 0.15) is 5.56 Å². The molecule has 0 aliphatic heterocycles. The number of hydrogen-bond acceptors (Lipinski definition) is 4. The third kappa shape index (κ3) is 3.56. The van der Waals surface area contributed by atoms with Gasteiger partial charge in [-0.15, -0.1) is 11.3 Å². The molecule has 0 radical (unpaired) electrons. The maximum absolute atomic E-state index is 12.8. The molecular weight excluding hydrogens is 394 g/mol. The van der Waals surface area contributed by atoms with Crippen molar-refractivity contribution in [2.75, 3.05) is 5.32 Å². The summed E-state index contributed by atoms with van der Waals surface area (Å²) >= 11 is 7.28. The van der Waals surface area contributed by atoms with Crippen molar-refractivity contribution in [3.63, 3.8) is 0 Å². The van der Waals surface area contributed by atoms with E-state index < -0.39 is 0 Å². The molecule has 2 aromatic carbocycles. The number of hydrogen-bond donors (Lipinski definition) is 1. The molecule has 0 fully saturated rings.